The van der Waals surface area contributed by atoms with Gasteiger partial charge in [-0.2, -0.15) is 0 Å². The second-order valence-electron chi connectivity index (χ2n) is 7.48. The van der Waals surface area contributed by atoms with Crippen LogP contribution in [0.25, 0.3) is 10.9 Å². The summed E-state index contributed by atoms with van der Waals surface area (Å²) in [5.74, 6) is 0.450. The van der Waals surface area contributed by atoms with Crippen LogP contribution in [0.1, 0.15) is 34.9 Å². The number of carbonyl (C=O) groups excluding carboxylic acids is 1. The van der Waals surface area contributed by atoms with E-state index < -0.39 is 12.1 Å². The number of amides is 1. The molecule has 33 heavy (non-hydrogen) atoms. The first-order chi connectivity index (χ1) is 15.8. The first-order valence-electron chi connectivity index (χ1n) is 10.2. The number of carbonyl (C=O) groups is 1. The fourth-order valence-electron chi connectivity index (χ4n) is 3.95. The Bertz CT molecular complexity index is 1150. The van der Waals surface area contributed by atoms with Gasteiger partial charge in [-0.15, -0.1) is 13.2 Å². The van der Waals surface area contributed by atoms with Gasteiger partial charge in [0.05, 0.1) is 31.6 Å². The van der Waals surface area contributed by atoms with Gasteiger partial charge in [-0.1, -0.05) is 0 Å². The molecule has 0 N–H and O–H groups in total. The van der Waals surface area contributed by atoms with Crippen molar-refractivity contribution in [1.82, 2.24) is 19.9 Å². The summed E-state index contributed by atoms with van der Waals surface area (Å²) in [6.45, 7) is 0.926. The van der Waals surface area contributed by atoms with E-state index in [4.69, 9.17) is 9.47 Å². The van der Waals surface area contributed by atoms with Crippen LogP contribution in [-0.4, -0.2) is 59.4 Å². The van der Waals surface area contributed by atoms with Crippen LogP contribution in [0.4, 0.5) is 13.2 Å². The minimum absolute atomic E-state index is 0.0623. The third-order valence-corrected chi connectivity index (χ3v) is 5.53. The van der Waals surface area contributed by atoms with E-state index >= 15 is 0 Å². The number of pyridine rings is 1. The lowest BCUT2D eigenvalue weighted by atomic mass is 9.90. The summed E-state index contributed by atoms with van der Waals surface area (Å²) in [4.78, 5) is 27.0. The molecule has 3 heterocycles. The number of alkyl halides is 3. The predicted octanol–water partition coefficient (Wildman–Crippen LogP) is 3.96. The molecule has 1 saturated heterocycles. The highest BCUT2D eigenvalue weighted by Crippen LogP contribution is 2.36. The number of ether oxygens (including phenoxy) is 3. The van der Waals surface area contributed by atoms with E-state index in [-0.39, 0.29) is 17.5 Å². The molecule has 1 fully saturated rings. The van der Waals surface area contributed by atoms with Gasteiger partial charge in [-0.25, -0.2) is 15.0 Å². The Kier molecular flexibility index (Phi) is 6.21. The highest BCUT2D eigenvalue weighted by molar-refractivity contribution is 5.92. The second kappa shape index (κ2) is 9.08. The summed E-state index contributed by atoms with van der Waals surface area (Å²) >= 11 is 0. The summed E-state index contributed by atoms with van der Waals surface area (Å²) < 4.78 is 51.4. The lowest BCUT2D eigenvalue weighted by molar-refractivity contribution is -0.274. The third kappa shape index (κ3) is 4.91. The van der Waals surface area contributed by atoms with E-state index in [1.807, 2.05) is 6.07 Å². The lowest BCUT2D eigenvalue weighted by Crippen LogP contribution is -2.38. The van der Waals surface area contributed by atoms with Crippen LogP contribution in [-0.2, 0) is 0 Å². The molecular weight excluding hydrogens is 441 g/mol. The Balaban J connectivity index is 1.47. The van der Waals surface area contributed by atoms with Crippen molar-refractivity contribution in [2.45, 2.75) is 25.1 Å². The molecule has 0 saturated carbocycles. The van der Waals surface area contributed by atoms with Crippen LogP contribution in [0.15, 0.2) is 36.8 Å². The number of fused-ring (bicyclic) bond motifs is 1. The lowest BCUT2D eigenvalue weighted by Gasteiger charge is -2.32. The Morgan fingerprint density at radius 3 is 2.33 bits per heavy atom. The summed E-state index contributed by atoms with van der Waals surface area (Å²) in [5, 5.41) is 0.863. The Morgan fingerprint density at radius 2 is 1.73 bits per heavy atom. The van der Waals surface area contributed by atoms with Crippen LogP contribution < -0.4 is 14.2 Å². The van der Waals surface area contributed by atoms with E-state index in [1.54, 1.807) is 25.2 Å². The molecule has 0 spiro atoms. The molecule has 1 amide bonds. The minimum Gasteiger partial charge on any atom is -0.493 e. The van der Waals surface area contributed by atoms with Crippen molar-refractivity contribution < 1.29 is 32.2 Å². The first kappa shape index (κ1) is 22.6. The monoisotopic (exact) mass is 462 g/mol. The molecular formula is C22H21F3N4O4. The number of aromatic nitrogens is 3. The van der Waals surface area contributed by atoms with E-state index in [2.05, 4.69) is 19.7 Å². The van der Waals surface area contributed by atoms with Gasteiger partial charge in [0.1, 0.15) is 17.8 Å². The van der Waals surface area contributed by atoms with Gasteiger partial charge in [0.25, 0.3) is 5.91 Å². The second-order valence-corrected chi connectivity index (χ2v) is 7.48. The van der Waals surface area contributed by atoms with Crippen molar-refractivity contribution in [2.75, 3.05) is 27.3 Å². The van der Waals surface area contributed by atoms with Crippen molar-refractivity contribution in [3.8, 4) is 17.2 Å². The van der Waals surface area contributed by atoms with Gasteiger partial charge in [0.2, 0.25) is 0 Å². The number of halogens is 3. The van der Waals surface area contributed by atoms with Crippen molar-refractivity contribution in [1.29, 1.82) is 0 Å². The van der Waals surface area contributed by atoms with Gasteiger partial charge < -0.3 is 19.1 Å². The molecule has 11 heteroatoms. The molecule has 2 aromatic heterocycles. The minimum atomic E-state index is -4.81. The van der Waals surface area contributed by atoms with Gasteiger partial charge >= 0.3 is 6.36 Å². The van der Waals surface area contributed by atoms with Gasteiger partial charge in [0.15, 0.2) is 11.5 Å². The number of methoxy groups -OCH3 is 2. The third-order valence-electron chi connectivity index (χ3n) is 5.53. The SMILES string of the molecule is COc1cc2ncnc(C3CCN(C(=O)c4ccc(OC(F)(F)F)cn4)CC3)c2cc1OC. The normalized spacial score (nSPS) is 14.9. The van der Waals surface area contributed by atoms with Crippen molar-refractivity contribution in [3.63, 3.8) is 0 Å². The zero-order valence-electron chi connectivity index (χ0n) is 17.9. The van der Waals surface area contributed by atoms with Crippen molar-refractivity contribution in [2.24, 2.45) is 0 Å². The molecule has 1 aliphatic heterocycles. The van der Waals surface area contributed by atoms with Crippen molar-refractivity contribution >= 4 is 16.8 Å². The topological polar surface area (TPSA) is 86.7 Å². The Morgan fingerprint density at radius 1 is 1.03 bits per heavy atom. The molecule has 8 nitrogen and oxygen atoms in total. The number of likely N-dealkylation sites (tertiary alicyclic amines) is 1. The number of piperidine rings is 1. The van der Waals surface area contributed by atoms with E-state index in [9.17, 15) is 18.0 Å². The molecule has 4 rings (SSSR count). The highest BCUT2D eigenvalue weighted by atomic mass is 19.4. The Labute approximate surface area is 187 Å². The van der Waals surface area contributed by atoms with Crippen LogP contribution >= 0.6 is 0 Å². The molecule has 0 unspecified atom stereocenters. The number of hydrogen-bond acceptors (Lipinski definition) is 7. The van der Waals surface area contributed by atoms with Crippen LogP contribution in [0.5, 0.6) is 17.2 Å². The van der Waals surface area contributed by atoms with E-state index in [1.165, 1.54) is 12.4 Å². The van der Waals surface area contributed by atoms with Gasteiger partial charge in [0, 0.05) is 30.5 Å². The van der Waals surface area contributed by atoms with E-state index in [0.717, 1.165) is 28.9 Å². The van der Waals surface area contributed by atoms with Gasteiger partial charge in [-0.3, -0.25) is 4.79 Å². The standard InChI is InChI=1S/C22H21F3N4O4/c1-31-18-9-15-17(10-19(18)32-2)27-12-28-20(15)13-5-7-29(8-6-13)21(30)16-4-3-14(11-26-16)33-22(23,24)25/h3-4,9-13H,5-8H2,1-2H3. The molecule has 3 aromatic rings. The fraction of sp³-hybridized carbons (Fsp3) is 0.364. The van der Waals surface area contributed by atoms with E-state index in [0.29, 0.717) is 37.4 Å². The maximum atomic E-state index is 12.8. The summed E-state index contributed by atoms with van der Waals surface area (Å²) in [6, 6.07) is 5.97. The quantitative estimate of drug-likeness (QED) is 0.567. The smallest absolute Gasteiger partial charge is 0.493 e. The average Bonchev–Trinajstić information content (AvgIpc) is 2.82. The summed E-state index contributed by atoms with van der Waals surface area (Å²) in [6.07, 6.45) is -1.07. The van der Waals surface area contributed by atoms with Crippen molar-refractivity contribution in [3.05, 3.63) is 48.2 Å². The molecule has 1 aromatic carbocycles. The first-order valence-corrected chi connectivity index (χ1v) is 10.2. The summed E-state index contributed by atoms with van der Waals surface area (Å²) in [5.41, 5.74) is 1.67. The molecule has 1 aliphatic rings. The number of nitrogens with zero attached hydrogens (tertiary/aromatic N) is 4. The summed E-state index contributed by atoms with van der Waals surface area (Å²) in [7, 11) is 3.12. The largest absolute Gasteiger partial charge is 0.573 e. The number of rotatable bonds is 5. The number of hydrogen-bond donors (Lipinski definition) is 0. The highest BCUT2D eigenvalue weighted by Gasteiger charge is 2.32. The van der Waals surface area contributed by atoms with Crippen LogP contribution in [0.3, 0.4) is 0 Å². The predicted molar refractivity (Wildman–Crippen MR) is 111 cm³/mol. The maximum Gasteiger partial charge on any atom is 0.573 e. The maximum absolute atomic E-state index is 12.8. The molecule has 0 aliphatic carbocycles. The molecule has 0 bridgehead atoms. The Hall–Kier alpha value is -3.63. The average molecular weight is 462 g/mol. The molecule has 0 radical (unpaired) electrons. The van der Waals surface area contributed by atoms with Gasteiger partial charge in [-0.05, 0) is 31.0 Å². The van der Waals surface area contributed by atoms with Crippen LogP contribution in [0.2, 0.25) is 0 Å². The zero-order valence-corrected chi connectivity index (χ0v) is 17.9. The zero-order chi connectivity index (χ0) is 23.6. The molecule has 0 atom stereocenters. The number of benzene rings is 1. The fourth-order valence-corrected chi connectivity index (χ4v) is 3.95. The van der Waals surface area contributed by atoms with Crippen LogP contribution in [0, 0.1) is 0 Å². The molecule has 174 valence electrons.